The van der Waals surface area contributed by atoms with Gasteiger partial charge < -0.3 is 55.1 Å². The maximum absolute atomic E-state index is 4.59. The molecule has 6 rings (SSSR count). The average molecular weight is 927 g/mol. The van der Waals surface area contributed by atoms with E-state index in [0.717, 1.165) is 33.9 Å². The minimum Gasteiger partial charge on any atom is -1.00 e. The first-order chi connectivity index (χ1) is 20.1. The van der Waals surface area contributed by atoms with Crippen LogP contribution < -0.4 is 59.0 Å². The van der Waals surface area contributed by atoms with Gasteiger partial charge in [0.15, 0.2) is 0 Å². The van der Waals surface area contributed by atoms with Gasteiger partial charge in [0, 0.05) is 0 Å². The molecule has 0 saturated carbocycles. The smallest absolute Gasteiger partial charge is 1.00 e. The quantitative estimate of drug-likeness (QED) is 0.100. The Kier molecular flexibility index (Phi) is 23.3. The molecule has 0 unspecified atom stereocenters. The Morgan fingerprint density at radius 1 is 0.490 bits per heavy atom. The van der Waals surface area contributed by atoms with E-state index in [0.29, 0.717) is 0 Å². The molecule has 0 atom stereocenters. The van der Waals surface area contributed by atoms with Crippen molar-refractivity contribution in [1.82, 2.24) is 19.8 Å². The van der Waals surface area contributed by atoms with Crippen molar-refractivity contribution in [2.75, 3.05) is 0 Å². The third kappa shape index (κ3) is 11.8. The summed E-state index contributed by atoms with van der Waals surface area (Å²) in [6.07, 6.45) is 6.77. The van der Waals surface area contributed by atoms with Crippen LogP contribution in [0.25, 0.3) is 33.9 Å². The summed E-state index contributed by atoms with van der Waals surface area (Å²) in [5.41, 5.74) is 13.8. The Morgan fingerprint density at radius 2 is 0.755 bits per heavy atom. The fourth-order valence-corrected chi connectivity index (χ4v) is 5.66. The zero-order chi connectivity index (χ0) is 30.0. The Balaban J connectivity index is -0.000000756. The van der Waals surface area contributed by atoms with E-state index in [1.165, 1.54) is 33.4 Å². The van der Waals surface area contributed by atoms with Crippen LogP contribution in [0.2, 0.25) is 0 Å². The van der Waals surface area contributed by atoms with Gasteiger partial charge in [0.2, 0.25) is 0 Å². The number of rotatable bonds is 4. The van der Waals surface area contributed by atoms with E-state index in [9.17, 15) is 0 Å². The first kappa shape index (κ1) is 51.0. The predicted octanol–water partition coefficient (Wildman–Crippen LogP) is -6.64. The largest absolute Gasteiger partial charge is 2.00 e. The van der Waals surface area contributed by atoms with Crippen molar-refractivity contribution in [2.45, 2.75) is 41.5 Å². The molecule has 0 bridgehead atoms. The molecular weight excluding hydrogens is 887 g/mol. The molecule has 49 heavy (non-hydrogen) atoms. The molecule has 0 radical (unpaired) electrons. The van der Waals surface area contributed by atoms with Crippen LogP contribution in [-0.4, -0.2) is 25.3 Å². The van der Waals surface area contributed by atoms with Crippen LogP contribution >= 0.6 is 0 Å². The minimum absolute atomic E-state index is 0. The van der Waals surface area contributed by atoms with Gasteiger partial charge in [-0.25, -0.2) is 9.36 Å². The molecule has 0 saturated heterocycles. The minimum atomic E-state index is 0. The molecule has 0 aliphatic rings. The third-order valence-corrected chi connectivity index (χ3v) is 7.31. The molecule has 0 spiro atoms. The van der Waals surface area contributed by atoms with Crippen molar-refractivity contribution >= 4 is 0 Å². The van der Waals surface area contributed by atoms with Gasteiger partial charge in [0.1, 0.15) is 14.1 Å². The molecular formula is C36H40Cl4N6OPd2. The molecule has 268 valence electrons. The molecule has 2 heterocycles. The summed E-state index contributed by atoms with van der Waals surface area (Å²) < 4.78 is 7.45. The second kappa shape index (κ2) is 22.4. The van der Waals surface area contributed by atoms with Gasteiger partial charge >= 0.3 is 40.8 Å². The number of hydrogen-bond acceptors (Lipinski definition) is 2. The van der Waals surface area contributed by atoms with Gasteiger partial charge in [-0.15, -0.1) is 24.3 Å². The predicted molar refractivity (Wildman–Crippen MR) is 170 cm³/mol. The van der Waals surface area contributed by atoms with Crippen LogP contribution in [0.5, 0.6) is 0 Å². The fraction of sp³-hybridized carbons (Fsp3) is 0.222. The Bertz CT molecular complexity index is 1700. The molecule has 0 aliphatic heterocycles. The van der Waals surface area contributed by atoms with Crippen LogP contribution in [0.15, 0.2) is 84.9 Å². The molecule has 6 aromatic rings. The third-order valence-electron chi connectivity index (χ3n) is 7.31. The topological polar surface area (TPSA) is 74.9 Å². The van der Waals surface area contributed by atoms with Crippen molar-refractivity contribution in [1.29, 1.82) is 0 Å². The van der Waals surface area contributed by atoms with Gasteiger partial charge in [-0.1, -0.05) is 105 Å². The number of benzene rings is 4. The van der Waals surface area contributed by atoms with E-state index in [2.05, 4.69) is 113 Å². The van der Waals surface area contributed by atoms with Gasteiger partial charge in [-0.3, -0.25) is 0 Å². The second-order valence-electron chi connectivity index (χ2n) is 11.0. The van der Waals surface area contributed by atoms with Crippen molar-refractivity contribution in [3.63, 3.8) is 0 Å². The van der Waals surface area contributed by atoms with Crippen LogP contribution in [0.3, 0.4) is 0 Å². The molecule has 4 aromatic carbocycles. The van der Waals surface area contributed by atoms with Crippen molar-refractivity contribution in [3.8, 4) is 33.9 Å². The van der Waals surface area contributed by atoms with Crippen LogP contribution in [-0.2, 0) is 54.9 Å². The van der Waals surface area contributed by atoms with Crippen molar-refractivity contribution in [2.24, 2.45) is 14.1 Å². The SMILES string of the molecule is Cc1cc(C)c(-[n+]2[c-]c(-c3ccccc3)n(C)n2)c(C)c1.Cc1cc(C)c(-[n+]2[c-]c(-c3ccccc3)n(C)n2)c(C)c1.O.[Cl-].[Cl-].[Cl-].[Cl-].[Pd+2].[Pd+2]. The average Bonchev–Trinajstić information content (AvgIpc) is 3.51. The number of hydrogen-bond donors (Lipinski definition) is 0. The molecule has 13 heteroatoms. The van der Waals surface area contributed by atoms with E-state index in [4.69, 9.17) is 0 Å². The van der Waals surface area contributed by atoms with Gasteiger partial charge in [-0.05, 0) is 41.5 Å². The second-order valence-corrected chi connectivity index (χ2v) is 11.0. The fourth-order valence-electron chi connectivity index (χ4n) is 5.66. The summed E-state index contributed by atoms with van der Waals surface area (Å²) >= 11 is 0. The zero-order valence-corrected chi connectivity index (χ0v) is 34.5. The van der Waals surface area contributed by atoms with E-state index in [1.807, 2.05) is 69.2 Å². The van der Waals surface area contributed by atoms with Crippen LogP contribution in [0.1, 0.15) is 33.4 Å². The van der Waals surface area contributed by atoms with E-state index in [-0.39, 0.29) is 95.9 Å². The van der Waals surface area contributed by atoms with Crippen LogP contribution in [0, 0.1) is 53.9 Å². The van der Waals surface area contributed by atoms with Crippen molar-refractivity contribution < 1.29 is 105 Å². The van der Waals surface area contributed by atoms with Crippen LogP contribution in [0.4, 0.5) is 0 Å². The summed E-state index contributed by atoms with van der Waals surface area (Å²) in [6.45, 7) is 12.7. The maximum atomic E-state index is 4.59. The summed E-state index contributed by atoms with van der Waals surface area (Å²) in [6, 6.07) is 29.2. The number of aromatic nitrogens is 6. The Hall–Kier alpha value is -2.40. The Morgan fingerprint density at radius 3 is 1.02 bits per heavy atom. The summed E-state index contributed by atoms with van der Waals surface area (Å²) in [7, 11) is 3.91. The summed E-state index contributed by atoms with van der Waals surface area (Å²) in [4.78, 5) is 0. The maximum Gasteiger partial charge on any atom is 2.00 e. The molecule has 2 aromatic heterocycles. The summed E-state index contributed by atoms with van der Waals surface area (Å²) in [5, 5.41) is 9.17. The number of nitrogens with zero attached hydrogens (tertiary/aromatic N) is 6. The molecule has 7 nitrogen and oxygen atoms in total. The standard InChI is InChI=1S/2C18H19N3.4ClH.H2O.2Pd/c2*1-13-10-14(2)18(15(3)11-13)21-12-17(20(4)19-21)16-8-6-5-7-9-16;;;;;;;/h2*5-11H,1-4H3;4*1H;1H2;;/q;;;;;;;2*+2/p-4. The normalized spacial score (nSPS) is 9.31. The van der Waals surface area contributed by atoms with Gasteiger partial charge in [0.05, 0.1) is 45.6 Å². The monoisotopic (exact) mass is 924 g/mol. The number of aryl methyl sites for hydroxylation is 8. The van der Waals surface area contributed by atoms with E-state index < -0.39 is 0 Å². The molecule has 0 fully saturated rings. The van der Waals surface area contributed by atoms with E-state index in [1.54, 1.807) is 0 Å². The van der Waals surface area contributed by atoms with E-state index >= 15 is 0 Å². The first-order valence-electron chi connectivity index (χ1n) is 14.2. The van der Waals surface area contributed by atoms with Crippen molar-refractivity contribution in [3.05, 3.63) is 131 Å². The molecule has 0 aliphatic carbocycles. The van der Waals surface area contributed by atoms with Gasteiger partial charge in [-0.2, -0.15) is 9.36 Å². The van der Waals surface area contributed by atoms with Gasteiger partial charge in [0.25, 0.3) is 0 Å². The Labute approximate surface area is 342 Å². The number of halogens is 4. The molecule has 2 N–H and O–H groups in total. The zero-order valence-electron chi connectivity index (χ0n) is 28.4. The molecule has 0 amide bonds. The summed E-state index contributed by atoms with van der Waals surface area (Å²) in [5.74, 6) is 0. The first-order valence-corrected chi connectivity index (χ1v) is 14.2.